The van der Waals surface area contributed by atoms with Crippen LogP contribution in [-0.4, -0.2) is 5.91 Å². The van der Waals surface area contributed by atoms with Crippen LogP contribution in [0.5, 0.6) is 0 Å². The van der Waals surface area contributed by atoms with Crippen LogP contribution in [0.25, 0.3) is 0 Å². The van der Waals surface area contributed by atoms with E-state index in [1.54, 1.807) is 6.07 Å². The first-order chi connectivity index (χ1) is 11.0. The highest BCUT2D eigenvalue weighted by atomic mass is 79.9. The van der Waals surface area contributed by atoms with Gasteiger partial charge in [-0.3, -0.25) is 4.79 Å². The molecule has 0 bridgehead atoms. The Labute approximate surface area is 140 Å². The fraction of sp³-hybridized carbons (Fsp3) is 0.133. The number of hydrogen-bond donors (Lipinski definition) is 1. The van der Waals surface area contributed by atoms with Crippen LogP contribution in [-0.2, 0) is 12.4 Å². The van der Waals surface area contributed by atoms with Crippen molar-refractivity contribution in [3.8, 4) is 0 Å². The van der Waals surface area contributed by atoms with Gasteiger partial charge in [0.2, 0.25) is 0 Å². The van der Waals surface area contributed by atoms with Crippen molar-refractivity contribution in [3.63, 3.8) is 0 Å². The molecule has 0 atom stereocenters. The van der Waals surface area contributed by atoms with Crippen molar-refractivity contribution in [3.05, 3.63) is 63.6 Å². The number of nitrogens with one attached hydrogen (secondary N) is 1. The summed E-state index contributed by atoms with van der Waals surface area (Å²) in [6.07, 6.45) is -9.75. The minimum absolute atomic E-state index is 0.0111. The summed E-state index contributed by atoms with van der Waals surface area (Å²) >= 11 is 3.05. The van der Waals surface area contributed by atoms with Crippen molar-refractivity contribution >= 4 is 27.5 Å². The third-order valence-corrected chi connectivity index (χ3v) is 3.71. The Kier molecular flexibility index (Phi) is 4.93. The first-order valence-electron chi connectivity index (χ1n) is 6.34. The lowest BCUT2D eigenvalue weighted by Gasteiger charge is -2.16. The van der Waals surface area contributed by atoms with Crippen LogP contribution < -0.4 is 5.32 Å². The van der Waals surface area contributed by atoms with Gasteiger partial charge >= 0.3 is 12.4 Å². The zero-order valence-corrected chi connectivity index (χ0v) is 13.2. The Balaban J connectivity index is 2.47. The number of carbonyl (C=O) groups excluding carboxylic acids is 1. The van der Waals surface area contributed by atoms with Crippen LogP contribution in [0.2, 0.25) is 0 Å². The number of benzene rings is 2. The lowest BCUT2D eigenvalue weighted by Crippen LogP contribution is -2.18. The van der Waals surface area contributed by atoms with E-state index in [1.165, 1.54) is 18.2 Å². The fourth-order valence-electron chi connectivity index (χ4n) is 1.91. The summed E-state index contributed by atoms with van der Waals surface area (Å²) in [6.45, 7) is 0. The average Bonchev–Trinajstić information content (AvgIpc) is 2.45. The van der Waals surface area contributed by atoms with Crippen LogP contribution in [0.1, 0.15) is 21.5 Å². The highest BCUT2D eigenvalue weighted by molar-refractivity contribution is 9.10. The van der Waals surface area contributed by atoms with E-state index < -0.39 is 35.1 Å². The van der Waals surface area contributed by atoms with Gasteiger partial charge in [-0.25, -0.2) is 0 Å². The summed E-state index contributed by atoms with van der Waals surface area (Å²) in [5, 5.41) is 1.90. The minimum atomic E-state index is -4.92. The monoisotopic (exact) mass is 411 g/mol. The molecule has 2 aromatic rings. The fourth-order valence-corrected chi connectivity index (χ4v) is 2.37. The van der Waals surface area contributed by atoms with E-state index >= 15 is 0 Å². The van der Waals surface area contributed by atoms with E-state index in [4.69, 9.17) is 0 Å². The first-order valence-corrected chi connectivity index (χ1v) is 7.14. The van der Waals surface area contributed by atoms with Gasteiger partial charge < -0.3 is 5.32 Å². The minimum Gasteiger partial charge on any atom is -0.321 e. The second-order valence-corrected chi connectivity index (χ2v) is 5.54. The number of amides is 1. The van der Waals surface area contributed by atoms with E-state index in [2.05, 4.69) is 15.9 Å². The van der Waals surface area contributed by atoms with Crippen LogP contribution in [0.15, 0.2) is 46.9 Å². The lowest BCUT2D eigenvalue weighted by molar-refractivity contribution is -0.140. The Morgan fingerprint density at radius 3 is 2.08 bits per heavy atom. The number of alkyl halides is 6. The number of rotatable bonds is 2. The standard InChI is InChI=1S/C15H8BrF6NO/c16-11-4-2-1-3-9(11)13(24)23-12-7-8(14(17,18)19)5-6-10(12)15(20,21)22/h1-7H,(H,23,24). The summed E-state index contributed by atoms with van der Waals surface area (Å²) in [6, 6.07) is 6.71. The highest BCUT2D eigenvalue weighted by Crippen LogP contribution is 2.39. The van der Waals surface area contributed by atoms with Gasteiger partial charge in [-0.05, 0) is 46.3 Å². The van der Waals surface area contributed by atoms with Crippen LogP contribution in [0.4, 0.5) is 32.0 Å². The molecule has 0 heterocycles. The number of carbonyl (C=O) groups is 1. The third kappa shape index (κ3) is 4.08. The van der Waals surface area contributed by atoms with Crippen LogP contribution >= 0.6 is 15.9 Å². The molecule has 1 N–H and O–H groups in total. The molecule has 128 valence electrons. The molecular weight excluding hydrogens is 404 g/mol. The average molecular weight is 412 g/mol. The molecule has 0 aliphatic carbocycles. The summed E-state index contributed by atoms with van der Waals surface area (Å²) < 4.78 is 77.4. The van der Waals surface area contributed by atoms with Crippen molar-refractivity contribution < 1.29 is 31.1 Å². The van der Waals surface area contributed by atoms with Gasteiger partial charge in [0.05, 0.1) is 22.4 Å². The Hall–Kier alpha value is -2.03. The van der Waals surface area contributed by atoms with Crippen molar-refractivity contribution in [2.45, 2.75) is 12.4 Å². The normalized spacial score (nSPS) is 12.1. The largest absolute Gasteiger partial charge is 0.418 e. The highest BCUT2D eigenvalue weighted by Gasteiger charge is 2.37. The maximum atomic E-state index is 13.0. The molecule has 1 amide bonds. The molecule has 0 radical (unpaired) electrons. The van der Waals surface area contributed by atoms with Crippen molar-refractivity contribution in [1.82, 2.24) is 0 Å². The molecule has 2 aromatic carbocycles. The summed E-state index contributed by atoms with van der Waals surface area (Å²) in [7, 11) is 0. The van der Waals surface area contributed by atoms with Gasteiger partial charge in [-0.15, -0.1) is 0 Å². The zero-order valence-electron chi connectivity index (χ0n) is 11.6. The quantitative estimate of drug-likeness (QED) is 0.627. The van der Waals surface area contributed by atoms with E-state index in [9.17, 15) is 31.1 Å². The van der Waals surface area contributed by atoms with Crippen molar-refractivity contribution in [2.24, 2.45) is 0 Å². The van der Waals surface area contributed by atoms with Gasteiger partial charge in [0.1, 0.15) is 0 Å². The maximum Gasteiger partial charge on any atom is 0.418 e. The Morgan fingerprint density at radius 1 is 0.917 bits per heavy atom. The topological polar surface area (TPSA) is 29.1 Å². The second kappa shape index (κ2) is 6.46. The summed E-state index contributed by atoms with van der Waals surface area (Å²) in [5.41, 5.74) is -3.63. The van der Waals surface area contributed by atoms with Gasteiger partial charge in [0, 0.05) is 4.47 Å². The lowest BCUT2D eigenvalue weighted by atomic mass is 10.1. The molecule has 0 aromatic heterocycles. The molecule has 0 saturated heterocycles. The molecule has 2 rings (SSSR count). The van der Waals surface area contributed by atoms with E-state index in [-0.39, 0.29) is 11.6 Å². The van der Waals surface area contributed by atoms with E-state index in [0.717, 1.165) is 0 Å². The smallest absolute Gasteiger partial charge is 0.321 e. The van der Waals surface area contributed by atoms with Crippen molar-refractivity contribution in [2.75, 3.05) is 5.32 Å². The van der Waals surface area contributed by atoms with E-state index in [0.29, 0.717) is 16.6 Å². The molecule has 0 unspecified atom stereocenters. The predicted molar refractivity (Wildman–Crippen MR) is 78.5 cm³/mol. The zero-order chi connectivity index (χ0) is 18.1. The molecule has 0 fully saturated rings. The van der Waals surface area contributed by atoms with Gasteiger partial charge in [0.25, 0.3) is 5.91 Å². The predicted octanol–water partition coefficient (Wildman–Crippen LogP) is 5.74. The summed E-state index contributed by atoms with van der Waals surface area (Å²) in [5.74, 6) is -0.965. The molecule has 2 nitrogen and oxygen atoms in total. The number of anilines is 1. The third-order valence-electron chi connectivity index (χ3n) is 3.02. The first kappa shape index (κ1) is 18.3. The molecule has 9 heteroatoms. The maximum absolute atomic E-state index is 13.0. The van der Waals surface area contributed by atoms with Crippen LogP contribution in [0.3, 0.4) is 0 Å². The number of hydrogen-bond acceptors (Lipinski definition) is 1. The van der Waals surface area contributed by atoms with Crippen LogP contribution in [0, 0.1) is 0 Å². The summed E-state index contributed by atoms with van der Waals surface area (Å²) in [4.78, 5) is 12.1. The molecule has 24 heavy (non-hydrogen) atoms. The van der Waals surface area contributed by atoms with Gasteiger partial charge in [-0.2, -0.15) is 26.3 Å². The van der Waals surface area contributed by atoms with Gasteiger partial charge in [0.15, 0.2) is 0 Å². The Bertz CT molecular complexity index is 769. The molecule has 0 aliphatic heterocycles. The number of halogens is 7. The molecule has 0 aliphatic rings. The molecular formula is C15H8BrF6NO. The second-order valence-electron chi connectivity index (χ2n) is 4.69. The van der Waals surface area contributed by atoms with Gasteiger partial charge in [-0.1, -0.05) is 12.1 Å². The molecule has 0 spiro atoms. The molecule has 0 saturated carbocycles. The van der Waals surface area contributed by atoms with E-state index in [1.807, 2.05) is 5.32 Å². The van der Waals surface area contributed by atoms with Crippen molar-refractivity contribution in [1.29, 1.82) is 0 Å². The SMILES string of the molecule is O=C(Nc1cc(C(F)(F)F)ccc1C(F)(F)F)c1ccccc1Br. The Morgan fingerprint density at radius 2 is 1.54 bits per heavy atom.